The summed E-state index contributed by atoms with van der Waals surface area (Å²) in [5.74, 6) is 1.64. The third-order valence-electron chi connectivity index (χ3n) is 3.17. The number of rotatable bonds is 3. The van der Waals surface area contributed by atoms with Crippen molar-refractivity contribution in [3.8, 4) is 5.88 Å². The molecule has 64 valence electrons. The monoisotopic (exact) mass is 164 g/mol. The normalized spacial score (nSPS) is 28.8. The van der Waals surface area contributed by atoms with E-state index >= 15 is 0 Å². The summed E-state index contributed by atoms with van der Waals surface area (Å²) >= 11 is 0. The highest BCUT2D eigenvalue weighted by atomic mass is 16.5. The molecule has 1 N–H and O–H groups in total. The van der Waals surface area contributed by atoms with Crippen LogP contribution in [0.5, 0.6) is 5.88 Å². The van der Waals surface area contributed by atoms with Crippen molar-refractivity contribution in [2.75, 3.05) is 6.61 Å². The van der Waals surface area contributed by atoms with E-state index in [2.05, 4.69) is 10.2 Å². The van der Waals surface area contributed by atoms with Crippen molar-refractivity contribution in [2.45, 2.75) is 19.3 Å². The van der Waals surface area contributed by atoms with Crippen LogP contribution in [0.25, 0.3) is 0 Å². The number of aromatic amines is 1. The first-order chi connectivity index (χ1) is 5.89. The summed E-state index contributed by atoms with van der Waals surface area (Å²) in [6, 6.07) is 1.86. The molecule has 3 nitrogen and oxygen atoms in total. The zero-order valence-corrected chi connectivity index (χ0v) is 6.92. The molecule has 0 aliphatic heterocycles. The molecular weight excluding hydrogens is 152 g/mol. The van der Waals surface area contributed by atoms with E-state index in [-0.39, 0.29) is 0 Å². The lowest BCUT2D eigenvalue weighted by molar-refractivity contribution is 0.278. The second kappa shape index (κ2) is 2.03. The van der Waals surface area contributed by atoms with Crippen LogP contribution in [0, 0.1) is 11.3 Å². The fraction of sp³-hybridized carbons (Fsp3) is 0.667. The van der Waals surface area contributed by atoms with Crippen molar-refractivity contribution >= 4 is 0 Å². The molecular formula is C9H12N2O. The van der Waals surface area contributed by atoms with Crippen LogP contribution in [0.4, 0.5) is 0 Å². The van der Waals surface area contributed by atoms with Gasteiger partial charge in [-0.2, -0.15) is 5.10 Å². The summed E-state index contributed by atoms with van der Waals surface area (Å²) in [6.45, 7) is 0.877. The van der Waals surface area contributed by atoms with Crippen molar-refractivity contribution in [3.63, 3.8) is 0 Å². The van der Waals surface area contributed by atoms with E-state index in [4.69, 9.17) is 4.74 Å². The van der Waals surface area contributed by atoms with Crippen LogP contribution in [0.2, 0.25) is 0 Å². The number of nitrogens with zero attached hydrogens (tertiary/aromatic N) is 1. The Labute approximate surface area is 71.1 Å². The van der Waals surface area contributed by atoms with E-state index < -0.39 is 0 Å². The average molecular weight is 164 g/mol. The molecule has 3 heteroatoms. The predicted molar refractivity (Wildman–Crippen MR) is 43.9 cm³/mol. The van der Waals surface area contributed by atoms with Gasteiger partial charge in [-0.25, -0.2) is 5.10 Å². The molecule has 1 aromatic rings. The number of H-pyrrole nitrogens is 1. The predicted octanol–water partition coefficient (Wildman–Crippen LogP) is 1.59. The van der Waals surface area contributed by atoms with Crippen LogP contribution >= 0.6 is 0 Å². The zero-order chi connectivity index (χ0) is 8.02. The van der Waals surface area contributed by atoms with Gasteiger partial charge >= 0.3 is 0 Å². The lowest BCUT2D eigenvalue weighted by atomic mass is 10.3. The molecule has 2 fully saturated rings. The van der Waals surface area contributed by atoms with Crippen LogP contribution in [-0.2, 0) is 0 Å². The molecule has 0 bridgehead atoms. The Morgan fingerprint density at radius 3 is 3.17 bits per heavy atom. The summed E-state index contributed by atoms with van der Waals surface area (Å²) < 4.78 is 5.53. The highest BCUT2D eigenvalue weighted by molar-refractivity contribution is 5.13. The molecule has 0 saturated heterocycles. The molecule has 1 aromatic heterocycles. The maximum absolute atomic E-state index is 5.53. The van der Waals surface area contributed by atoms with Crippen molar-refractivity contribution in [1.82, 2.24) is 10.2 Å². The SMILES string of the molecule is c1cc(OCC2CC23CC3)[nH]n1. The molecule has 2 aliphatic rings. The second-order valence-electron chi connectivity index (χ2n) is 4.00. The lowest BCUT2D eigenvalue weighted by Gasteiger charge is -2.00. The third-order valence-corrected chi connectivity index (χ3v) is 3.17. The maximum atomic E-state index is 5.53. The van der Waals surface area contributed by atoms with Gasteiger partial charge in [0.2, 0.25) is 5.88 Å². The fourth-order valence-corrected chi connectivity index (χ4v) is 1.95. The number of aromatic nitrogens is 2. The van der Waals surface area contributed by atoms with E-state index in [1.807, 2.05) is 6.07 Å². The van der Waals surface area contributed by atoms with Crippen molar-refractivity contribution in [1.29, 1.82) is 0 Å². The van der Waals surface area contributed by atoms with Gasteiger partial charge in [0, 0.05) is 6.07 Å². The number of hydrogen-bond donors (Lipinski definition) is 1. The van der Waals surface area contributed by atoms with Gasteiger partial charge in [-0.05, 0) is 30.6 Å². The molecule has 3 rings (SSSR count). The first-order valence-corrected chi connectivity index (χ1v) is 4.51. The summed E-state index contributed by atoms with van der Waals surface area (Å²) in [5, 5.41) is 6.62. The highest BCUT2D eigenvalue weighted by Gasteiger charge is 2.62. The van der Waals surface area contributed by atoms with Gasteiger partial charge in [0.05, 0.1) is 12.8 Å². The summed E-state index contributed by atoms with van der Waals surface area (Å²) in [5.41, 5.74) is 0.750. The zero-order valence-electron chi connectivity index (χ0n) is 6.92. The first-order valence-electron chi connectivity index (χ1n) is 4.51. The summed E-state index contributed by atoms with van der Waals surface area (Å²) in [6.07, 6.45) is 5.98. The van der Waals surface area contributed by atoms with Crippen LogP contribution in [-0.4, -0.2) is 16.8 Å². The standard InChI is InChI=1S/C9H12N2O/c1-4-10-11-8(1)12-6-7-5-9(7)2-3-9/h1,4,7H,2-3,5-6H2,(H,10,11). The molecule has 0 aromatic carbocycles. The van der Waals surface area contributed by atoms with E-state index in [9.17, 15) is 0 Å². The molecule has 12 heavy (non-hydrogen) atoms. The molecule has 2 saturated carbocycles. The topological polar surface area (TPSA) is 37.9 Å². The number of ether oxygens (including phenoxy) is 1. The van der Waals surface area contributed by atoms with Crippen LogP contribution in [0.1, 0.15) is 19.3 Å². The molecule has 1 spiro atoms. The van der Waals surface area contributed by atoms with Gasteiger partial charge in [-0.1, -0.05) is 0 Å². The summed E-state index contributed by atoms with van der Waals surface area (Å²) in [7, 11) is 0. The smallest absolute Gasteiger partial charge is 0.209 e. The van der Waals surface area contributed by atoms with E-state index in [0.717, 1.165) is 23.8 Å². The Bertz CT molecular complexity index is 277. The Hall–Kier alpha value is -0.990. The largest absolute Gasteiger partial charge is 0.478 e. The quantitative estimate of drug-likeness (QED) is 0.736. The minimum absolute atomic E-state index is 0.750. The van der Waals surface area contributed by atoms with Crippen LogP contribution < -0.4 is 4.74 Å². The molecule has 1 atom stereocenters. The highest BCUT2D eigenvalue weighted by Crippen LogP contribution is 2.70. The minimum atomic E-state index is 0.750. The maximum Gasteiger partial charge on any atom is 0.209 e. The molecule has 0 amide bonds. The van der Waals surface area contributed by atoms with Gasteiger partial charge < -0.3 is 4.74 Å². The van der Waals surface area contributed by atoms with Crippen molar-refractivity contribution in [3.05, 3.63) is 12.3 Å². The molecule has 1 unspecified atom stereocenters. The Balaban J connectivity index is 1.52. The van der Waals surface area contributed by atoms with Crippen LogP contribution in [0.15, 0.2) is 12.3 Å². The molecule has 2 aliphatic carbocycles. The van der Waals surface area contributed by atoms with Crippen molar-refractivity contribution < 1.29 is 4.74 Å². The minimum Gasteiger partial charge on any atom is -0.478 e. The lowest BCUT2D eigenvalue weighted by Crippen LogP contribution is -2.01. The van der Waals surface area contributed by atoms with E-state index in [1.165, 1.54) is 19.3 Å². The fourth-order valence-electron chi connectivity index (χ4n) is 1.95. The third kappa shape index (κ3) is 0.924. The van der Waals surface area contributed by atoms with Gasteiger partial charge in [0.25, 0.3) is 0 Å². The average Bonchev–Trinajstić information content (AvgIpc) is 2.94. The molecule has 0 radical (unpaired) electrons. The number of hydrogen-bond acceptors (Lipinski definition) is 2. The first kappa shape index (κ1) is 6.52. The van der Waals surface area contributed by atoms with Gasteiger partial charge in [-0.15, -0.1) is 0 Å². The number of nitrogens with one attached hydrogen (secondary N) is 1. The second-order valence-corrected chi connectivity index (χ2v) is 4.00. The molecule has 1 heterocycles. The van der Waals surface area contributed by atoms with E-state index in [1.54, 1.807) is 6.20 Å². The Morgan fingerprint density at radius 2 is 2.58 bits per heavy atom. The Kier molecular flexibility index (Phi) is 1.10. The van der Waals surface area contributed by atoms with Crippen LogP contribution in [0.3, 0.4) is 0 Å². The Morgan fingerprint density at radius 1 is 1.67 bits per heavy atom. The van der Waals surface area contributed by atoms with Gasteiger partial charge in [0.1, 0.15) is 0 Å². The van der Waals surface area contributed by atoms with Gasteiger partial charge in [0.15, 0.2) is 0 Å². The van der Waals surface area contributed by atoms with E-state index in [0.29, 0.717) is 0 Å². The summed E-state index contributed by atoms with van der Waals surface area (Å²) in [4.78, 5) is 0. The van der Waals surface area contributed by atoms with Gasteiger partial charge in [-0.3, -0.25) is 0 Å². The van der Waals surface area contributed by atoms with Crippen molar-refractivity contribution in [2.24, 2.45) is 11.3 Å².